The molecule has 4 N–H and O–H groups in total. The molecule has 0 aromatic heterocycles. The molecule has 0 aliphatic carbocycles. The van der Waals surface area contributed by atoms with Gasteiger partial charge in [-0.2, -0.15) is 4.72 Å². The molecule has 2 aliphatic rings. The van der Waals surface area contributed by atoms with E-state index in [9.17, 15) is 18.3 Å². The smallest absolute Gasteiger partial charge is 0.323 e. The third-order valence-corrected chi connectivity index (χ3v) is 7.57. The average molecular weight is 501 g/mol. The van der Waals surface area contributed by atoms with Crippen molar-refractivity contribution in [3.05, 3.63) is 60.2 Å². The summed E-state index contributed by atoms with van der Waals surface area (Å²) in [6.07, 6.45) is 1.09. The van der Waals surface area contributed by atoms with E-state index < -0.39 is 22.0 Å². The number of hydrogen-bond donors (Lipinski definition) is 4. The van der Waals surface area contributed by atoms with Crippen molar-refractivity contribution in [2.45, 2.75) is 23.9 Å². The largest absolute Gasteiger partial charge is 0.480 e. The predicted octanol–water partition coefficient (Wildman–Crippen LogP) is 0.679. The normalized spacial score (nSPS) is 17.4. The van der Waals surface area contributed by atoms with Crippen molar-refractivity contribution >= 4 is 27.6 Å². The number of sulfonamides is 1. The summed E-state index contributed by atoms with van der Waals surface area (Å²) in [4.78, 5) is 20.9. The van der Waals surface area contributed by atoms with Gasteiger partial charge in [0.25, 0.3) is 0 Å². The van der Waals surface area contributed by atoms with Crippen molar-refractivity contribution in [2.24, 2.45) is 4.99 Å². The van der Waals surface area contributed by atoms with Gasteiger partial charge in [0.15, 0.2) is 5.96 Å². The molecule has 0 radical (unpaired) electrons. The molecule has 0 unspecified atom stereocenters. The number of benzene rings is 2. The highest BCUT2D eigenvalue weighted by atomic mass is 32.2. The maximum atomic E-state index is 12.5. The van der Waals surface area contributed by atoms with Crippen LogP contribution in [0, 0.1) is 0 Å². The van der Waals surface area contributed by atoms with Gasteiger partial charge in [0.1, 0.15) is 6.04 Å². The summed E-state index contributed by atoms with van der Waals surface area (Å²) < 4.78 is 27.2. The highest BCUT2D eigenvalue weighted by Gasteiger charge is 2.25. The SMILES string of the molecule is O=C(O)[C@H](CNCc1ccc(N2CCN(C3=NCCCN3)CC2)cc1)NS(=O)(=O)c1ccccc1. The number of aliphatic imine (C=N–C) groups is 1. The van der Waals surface area contributed by atoms with Gasteiger partial charge in [-0.05, 0) is 36.2 Å². The molecular weight excluding hydrogens is 468 g/mol. The third kappa shape index (κ3) is 6.71. The fraction of sp³-hybridized carbons (Fsp3) is 0.417. The maximum Gasteiger partial charge on any atom is 0.323 e. The molecule has 2 aliphatic heterocycles. The van der Waals surface area contributed by atoms with Crippen LogP contribution in [0.1, 0.15) is 12.0 Å². The summed E-state index contributed by atoms with van der Waals surface area (Å²) in [5.74, 6) is -0.219. The molecule has 2 aromatic carbocycles. The van der Waals surface area contributed by atoms with E-state index in [4.69, 9.17) is 0 Å². The number of rotatable bonds is 9. The lowest BCUT2D eigenvalue weighted by atomic mass is 10.1. The number of carboxylic acids is 1. The number of guanidine groups is 1. The topological polar surface area (TPSA) is 126 Å². The number of carboxylic acid groups (broad SMARTS) is 1. The standard InChI is InChI=1S/C24H32N6O4S/c31-23(32)22(28-35(33,34)21-5-2-1-3-6-21)18-25-17-19-7-9-20(10-8-19)29-13-15-30(16-14-29)24-26-11-4-12-27-24/h1-3,5-10,22,25,28H,4,11-18H2,(H,26,27)(H,31,32)/t22-/m0/s1. The van der Waals surface area contributed by atoms with Crippen molar-refractivity contribution < 1.29 is 18.3 Å². The minimum atomic E-state index is -3.92. The van der Waals surface area contributed by atoms with Gasteiger partial charge in [-0.15, -0.1) is 0 Å². The van der Waals surface area contributed by atoms with E-state index in [1.807, 2.05) is 12.1 Å². The van der Waals surface area contributed by atoms with Crippen LogP contribution in [0.25, 0.3) is 0 Å². The molecule has 0 spiro atoms. The van der Waals surface area contributed by atoms with Crippen LogP contribution in [-0.4, -0.2) is 82.2 Å². The predicted molar refractivity (Wildman–Crippen MR) is 135 cm³/mol. The fourth-order valence-electron chi connectivity index (χ4n) is 4.13. The Bertz CT molecular complexity index is 1120. The summed E-state index contributed by atoms with van der Waals surface area (Å²) >= 11 is 0. The van der Waals surface area contributed by atoms with Crippen molar-refractivity contribution in [2.75, 3.05) is 50.7 Å². The Labute approximate surface area is 206 Å². The number of hydrogen-bond acceptors (Lipinski definition) is 8. The lowest BCUT2D eigenvalue weighted by Gasteiger charge is -2.38. The van der Waals surface area contributed by atoms with Crippen LogP contribution in [0.4, 0.5) is 5.69 Å². The molecule has 0 saturated carbocycles. The second-order valence-electron chi connectivity index (χ2n) is 8.58. The van der Waals surface area contributed by atoms with E-state index in [-0.39, 0.29) is 11.4 Å². The molecule has 4 rings (SSSR count). The summed E-state index contributed by atoms with van der Waals surface area (Å²) in [6.45, 7) is 5.94. The van der Waals surface area contributed by atoms with Crippen LogP contribution in [0.15, 0.2) is 64.5 Å². The second-order valence-corrected chi connectivity index (χ2v) is 10.3. The first-order valence-corrected chi connectivity index (χ1v) is 13.3. The molecule has 11 heteroatoms. The number of nitrogens with zero attached hydrogens (tertiary/aromatic N) is 3. The minimum absolute atomic E-state index is 0.0330. The van der Waals surface area contributed by atoms with Gasteiger partial charge in [0, 0.05) is 58.0 Å². The first kappa shape index (κ1) is 25.0. The second kappa shape index (κ2) is 11.5. The van der Waals surface area contributed by atoms with E-state index in [0.717, 1.165) is 62.9 Å². The lowest BCUT2D eigenvalue weighted by molar-refractivity contribution is -0.138. The summed E-state index contributed by atoms with van der Waals surface area (Å²) in [5, 5.41) is 15.9. The Kier molecular flexibility index (Phi) is 8.21. The molecule has 0 bridgehead atoms. The summed E-state index contributed by atoms with van der Waals surface area (Å²) in [5.41, 5.74) is 2.13. The van der Waals surface area contributed by atoms with Crippen LogP contribution in [0.5, 0.6) is 0 Å². The van der Waals surface area contributed by atoms with Crippen LogP contribution < -0.4 is 20.3 Å². The van der Waals surface area contributed by atoms with Gasteiger partial charge in [0.05, 0.1) is 4.90 Å². The highest BCUT2D eigenvalue weighted by molar-refractivity contribution is 7.89. The number of piperazine rings is 1. The number of anilines is 1. The Hall–Kier alpha value is -3.15. The average Bonchev–Trinajstić information content (AvgIpc) is 2.89. The van der Waals surface area contributed by atoms with Crippen molar-refractivity contribution in [3.8, 4) is 0 Å². The zero-order chi connectivity index (χ0) is 24.7. The molecule has 0 amide bonds. The molecule has 10 nitrogen and oxygen atoms in total. The summed E-state index contributed by atoms with van der Waals surface area (Å²) in [6, 6.07) is 14.6. The number of aliphatic carboxylic acids is 1. The number of nitrogens with one attached hydrogen (secondary N) is 3. The van der Waals surface area contributed by atoms with Crippen LogP contribution in [-0.2, 0) is 21.4 Å². The highest BCUT2D eigenvalue weighted by Crippen LogP contribution is 2.18. The van der Waals surface area contributed by atoms with Gasteiger partial charge in [-0.1, -0.05) is 30.3 Å². The minimum Gasteiger partial charge on any atom is -0.480 e. The van der Waals surface area contributed by atoms with Crippen LogP contribution in [0.3, 0.4) is 0 Å². The van der Waals surface area contributed by atoms with Gasteiger partial charge in [-0.25, -0.2) is 8.42 Å². The Morgan fingerprint density at radius 3 is 2.34 bits per heavy atom. The van der Waals surface area contributed by atoms with E-state index >= 15 is 0 Å². The Morgan fingerprint density at radius 2 is 1.71 bits per heavy atom. The van der Waals surface area contributed by atoms with E-state index in [1.54, 1.807) is 18.2 Å². The van der Waals surface area contributed by atoms with E-state index in [1.165, 1.54) is 12.1 Å². The molecule has 35 heavy (non-hydrogen) atoms. The fourth-order valence-corrected chi connectivity index (χ4v) is 5.34. The lowest BCUT2D eigenvalue weighted by Crippen LogP contribution is -2.53. The maximum absolute atomic E-state index is 12.5. The summed E-state index contributed by atoms with van der Waals surface area (Å²) in [7, 11) is -3.92. The third-order valence-electron chi connectivity index (χ3n) is 6.09. The van der Waals surface area contributed by atoms with Crippen LogP contribution in [0.2, 0.25) is 0 Å². The first-order valence-electron chi connectivity index (χ1n) is 11.8. The Balaban J connectivity index is 1.25. The molecule has 188 valence electrons. The zero-order valence-corrected chi connectivity index (χ0v) is 20.4. The van der Waals surface area contributed by atoms with Crippen LogP contribution >= 0.6 is 0 Å². The van der Waals surface area contributed by atoms with Gasteiger partial charge in [0.2, 0.25) is 10.0 Å². The van der Waals surface area contributed by atoms with Gasteiger partial charge in [-0.3, -0.25) is 9.79 Å². The molecule has 1 fully saturated rings. The molecule has 1 atom stereocenters. The molecule has 1 saturated heterocycles. The quantitative estimate of drug-likeness (QED) is 0.396. The van der Waals surface area contributed by atoms with Gasteiger partial charge >= 0.3 is 5.97 Å². The zero-order valence-electron chi connectivity index (χ0n) is 19.6. The molecule has 2 aromatic rings. The number of carbonyl (C=O) groups is 1. The van der Waals surface area contributed by atoms with E-state index in [0.29, 0.717) is 6.54 Å². The molecule has 2 heterocycles. The van der Waals surface area contributed by atoms with E-state index in [2.05, 4.69) is 42.3 Å². The van der Waals surface area contributed by atoms with Gasteiger partial charge < -0.3 is 25.5 Å². The van der Waals surface area contributed by atoms with Crippen molar-refractivity contribution in [1.82, 2.24) is 20.3 Å². The Morgan fingerprint density at radius 1 is 1.03 bits per heavy atom. The first-order chi connectivity index (χ1) is 16.9. The molecular formula is C24H32N6O4S. The van der Waals surface area contributed by atoms with Crippen molar-refractivity contribution in [1.29, 1.82) is 0 Å². The van der Waals surface area contributed by atoms with Crippen molar-refractivity contribution in [3.63, 3.8) is 0 Å². The monoisotopic (exact) mass is 500 g/mol.